The molecule has 6 atom stereocenters. The molecule has 7 aromatic rings. The van der Waals surface area contributed by atoms with Crippen LogP contribution in [-0.2, 0) is 26.7 Å². The molecule has 0 radical (unpaired) electrons. The number of carbonyl (C=O) groups is 3. The van der Waals surface area contributed by atoms with Gasteiger partial charge in [0.15, 0.2) is 6.73 Å². The molecular weight excluding hydrogens is 949 g/mol. The van der Waals surface area contributed by atoms with E-state index in [1.165, 1.54) is 0 Å². The summed E-state index contributed by atoms with van der Waals surface area (Å²) in [6.07, 6.45) is 13.4. The van der Waals surface area contributed by atoms with Crippen LogP contribution < -0.4 is 4.74 Å². The highest BCUT2D eigenvalue weighted by molar-refractivity contribution is 6.07. The zero-order chi connectivity index (χ0) is 52.5. The lowest BCUT2D eigenvalue weighted by molar-refractivity contribution is -0.140. The summed E-state index contributed by atoms with van der Waals surface area (Å²) in [5.41, 5.74) is 10.5. The number of nitrogens with one attached hydrogen (secondary N) is 3. The Morgan fingerprint density at radius 1 is 0.645 bits per heavy atom. The largest absolute Gasteiger partial charge is 0.472 e. The number of aromatic amines is 3. The number of aromatic nitrogens is 7. The molecule has 4 aromatic heterocycles. The Balaban J connectivity index is 0.851. The van der Waals surface area contributed by atoms with E-state index < -0.39 is 0 Å². The van der Waals surface area contributed by atoms with Crippen LogP contribution in [0.2, 0.25) is 0 Å². The minimum Gasteiger partial charge on any atom is -0.472 e. The van der Waals surface area contributed by atoms with Crippen molar-refractivity contribution in [3.05, 3.63) is 96.7 Å². The van der Waals surface area contributed by atoms with E-state index >= 15 is 0 Å². The lowest BCUT2D eigenvalue weighted by atomic mass is 9.90. The number of rotatable bonds is 13. The standard InChI is InChI=1S/C62H72N10O4/c1-34(2)37(7)57(73)69-24-9-11-50(69)55-63-30-47(66-55)41-18-20-49-45(27-41)53(40-15-13-39(14-16-40)46-32-65-59(68-46)62-29-43(62)21-26-72(62)58(74)38(8)35(3)4)54-44-19-17-42(28-52(44)76-33-71(49)54)48-31-64-56(67-48)51-12-10-25-70(51)60(75)61(22-23-61)36(5)6/h13-20,27-28,30-32,34-38,43,50-51H,9-12,21-26,29,33H2,1-8H3,(H,63,66)(H,64,67)(H,65,68)/t37-,38?,43?,50-,51-,62+/m0/s1. The van der Waals surface area contributed by atoms with Crippen molar-refractivity contribution in [2.45, 2.75) is 131 Å². The Bertz CT molecular complexity index is 3430. The van der Waals surface area contributed by atoms with E-state index in [9.17, 15) is 14.4 Å². The molecule has 8 heterocycles. The molecule has 0 bridgehead atoms. The van der Waals surface area contributed by atoms with Crippen molar-refractivity contribution in [3.8, 4) is 61.9 Å². The predicted molar refractivity (Wildman–Crippen MR) is 294 cm³/mol. The number of likely N-dealkylation sites (tertiary alicyclic amines) is 3. The first-order valence-electron chi connectivity index (χ1n) is 28.3. The Hall–Kier alpha value is -6.96. The molecule has 0 spiro atoms. The summed E-state index contributed by atoms with van der Waals surface area (Å²) >= 11 is 0. The van der Waals surface area contributed by atoms with E-state index in [0.717, 1.165) is 161 Å². The van der Waals surface area contributed by atoms with Gasteiger partial charge in [-0.1, -0.05) is 91.8 Å². The summed E-state index contributed by atoms with van der Waals surface area (Å²) < 4.78 is 8.98. The number of nitrogens with zero attached hydrogens (tertiary/aromatic N) is 7. The molecule has 3 saturated heterocycles. The van der Waals surface area contributed by atoms with E-state index in [1.807, 2.05) is 30.4 Å². The second-order valence-corrected chi connectivity index (χ2v) is 24.3. The van der Waals surface area contributed by atoms with Crippen LogP contribution in [0.3, 0.4) is 0 Å². The second-order valence-electron chi connectivity index (χ2n) is 24.3. The first kappa shape index (κ1) is 48.7. The van der Waals surface area contributed by atoms with Gasteiger partial charge in [0.1, 0.15) is 28.8 Å². The quantitative estimate of drug-likeness (QED) is 0.104. The van der Waals surface area contributed by atoms with Gasteiger partial charge in [-0.05, 0) is 110 Å². The molecule has 5 fully saturated rings. The van der Waals surface area contributed by atoms with Gasteiger partial charge in [-0.15, -0.1) is 0 Å². The highest BCUT2D eigenvalue weighted by Gasteiger charge is 2.66. The first-order valence-corrected chi connectivity index (χ1v) is 28.3. The van der Waals surface area contributed by atoms with E-state index in [0.29, 0.717) is 18.6 Å². The van der Waals surface area contributed by atoms with Crippen LogP contribution in [0.5, 0.6) is 5.75 Å². The first-order chi connectivity index (χ1) is 36.7. The van der Waals surface area contributed by atoms with Crippen LogP contribution in [0.25, 0.3) is 67.1 Å². The molecular formula is C62H72N10O4. The number of ether oxygens (including phenoxy) is 1. The number of hydrogen-bond donors (Lipinski definition) is 3. The summed E-state index contributed by atoms with van der Waals surface area (Å²) in [6, 6.07) is 21.7. The van der Waals surface area contributed by atoms with Crippen molar-refractivity contribution >= 4 is 28.6 Å². The molecule has 3 aromatic carbocycles. The Labute approximate surface area is 445 Å². The zero-order valence-corrected chi connectivity index (χ0v) is 45.4. The third-order valence-corrected chi connectivity index (χ3v) is 19.2. The molecule has 2 aliphatic carbocycles. The fraction of sp³-hybridized carbons (Fsp3) is 0.484. The normalized spacial score (nSPS) is 23.1. The minimum atomic E-state index is -0.338. The topological polar surface area (TPSA) is 161 Å². The van der Waals surface area contributed by atoms with Crippen molar-refractivity contribution in [2.75, 3.05) is 19.6 Å². The highest BCUT2D eigenvalue weighted by atomic mass is 16.5. The van der Waals surface area contributed by atoms with Gasteiger partial charge in [0, 0.05) is 59.1 Å². The van der Waals surface area contributed by atoms with Crippen LogP contribution in [0.15, 0.2) is 79.3 Å². The number of H-pyrrole nitrogens is 3. The maximum Gasteiger partial charge on any atom is 0.229 e. The Kier molecular flexibility index (Phi) is 11.6. The minimum absolute atomic E-state index is 0.0398. The number of piperidine rings is 1. The lowest BCUT2D eigenvalue weighted by Crippen LogP contribution is -2.43. The summed E-state index contributed by atoms with van der Waals surface area (Å²) in [5.74, 6) is 5.27. The number of hydrogen-bond acceptors (Lipinski definition) is 7. The third-order valence-electron chi connectivity index (χ3n) is 19.2. The van der Waals surface area contributed by atoms with E-state index in [2.05, 4.69) is 138 Å². The van der Waals surface area contributed by atoms with Gasteiger partial charge in [-0.25, -0.2) is 15.0 Å². The van der Waals surface area contributed by atoms with Gasteiger partial charge in [-0.2, -0.15) is 0 Å². The van der Waals surface area contributed by atoms with Gasteiger partial charge >= 0.3 is 0 Å². The molecule has 76 heavy (non-hydrogen) atoms. The highest BCUT2D eigenvalue weighted by Crippen LogP contribution is 2.62. The maximum absolute atomic E-state index is 13.9. The molecule has 3 amide bonds. The van der Waals surface area contributed by atoms with E-state index in [4.69, 9.17) is 19.7 Å². The third kappa shape index (κ3) is 7.61. The summed E-state index contributed by atoms with van der Waals surface area (Å²) in [4.78, 5) is 73.4. The lowest BCUT2D eigenvalue weighted by Gasteiger charge is -2.31. The van der Waals surface area contributed by atoms with Gasteiger partial charge in [0.05, 0.1) is 64.4 Å². The van der Waals surface area contributed by atoms with Crippen LogP contribution in [0.4, 0.5) is 0 Å². The van der Waals surface area contributed by atoms with Crippen LogP contribution in [0.1, 0.15) is 136 Å². The van der Waals surface area contributed by atoms with Crippen molar-refractivity contribution in [2.24, 2.45) is 40.9 Å². The molecule has 394 valence electrons. The number of imidazole rings is 3. The van der Waals surface area contributed by atoms with Gasteiger partial charge in [0.25, 0.3) is 0 Å². The van der Waals surface area contributed by atoms with Gasteiger partial charge in [-0.3, -0.25) is 14.4 Å². The van der Waals surface area contributed by atoms with Gasteiger partial charge < -0.3 is 39.0 Å². The van der Waals surface area contributed by atoms with Crippen LogP contribution >= 0.6 is 0 Å². The second kappa shape index (κ2) is 18.1. The maximum atomic E-state index is 13.9. The SMILES string of the molecule is CC(C)C(C)C(=O)N1CCC2C[C@]21c1ncc(-c2ccc(-c3c4n(c5ccc(-c6cnc([C@@H]7CCCN7C(=O)[C@@H](C)C(C)C)[nH]6)cc35)COc3cc(-c5cnc([C@@H]6CCCN6C(=O)C6(C(C)C)CC6)[nH]5)ccc3-4)cc2)[nH]1. The average Bonchev–Trinajstić information content (AvgIpc) is 4.23. The predicted octanol–water partition coefficient (Wildman–Crippen LogP) is 12.3. The molecule has 4 aliphatic heterocycles. The van der Waals surface area contributed by atoms with Crippen molar-refractivity contribution in [3.63, 3.8) is 0 Å². The summed E-state index contributed by atoms with van der Waals surface area (Å²) in [6.45, 7) is 19.6. The molecule has 2 unspecified atom stereocenters. The number of carbonyl (C=O) groups excluding carboxylic acids is 3. The molecule has 14 nitrogen and oxygen atoms in total. The van der Waals surface area contributed by atoms with E-state index in [1.54, 1.807) is 0 Å². The van der Waals surface area contributed by atoms with Gasteiger partial charge in [0.2, 0.25) is 17.7 Å². The van der Waals surface area contributed by atoms with Crippen molar-refractivity contribution < 1.29 is 19.1 Å². The van der Waals surface area contributed by atoms with Crippen LogP contribution in [0, 0.1) is 40.9 Å². The smallest absolute Gasteiger partial charge is 0.229 e. The fourth-order valence-electron chi connectivity index (χ4n) is 13.5. The Morgan fingerprint density at radius 3 is 1.89 bits per heavy atom. The number of benzene rings is 3. The molecule has 2 saturated carbocycles. The number of amides is 3. The number of fused-ring (bicyclic) bond motifs is 6. The molecule has 14 heteroatoms. The monoisotopic (exact) mass is 1020 g/mol. The summed E-state index contributed by atoms with van der Waals surface area (Å²) in [5, 5.41) is 1.09. The molecule has 6 aliphatic rings. The van der Waals surface area contributed by atoms with Crippen molar-refractivity contribution in [1.82, 2.24) is 49.2 Å². The Morgan fingerprint density at radius 2 is 1.24 bits per heavy atom. The molecule has 3 N–H and O–H groups in total. The van der Waals surface area contributed by atoms with Crippen LogP contribution in [-0.4, -0.2) is 86.5 Å². The fourth-order valence-corrected chi connectivity index (χ4v) is 13.5. The zero-order valence-electron chi connectivity index (χ0n) is 45.4. The summed E-state index contributed by atoms with van der Waals surface area (Å²) in [7, 11) is 0. The average molecular weight is 1020 g/mol. The van der Waals surface area contributed by atoms with Crippen molar-refractivity contribution in [1.29, 1.82) is 0 Å². The molecule has 13 rings (SSSR count). The van der Waals surface area contributed by atoms with E-state index in [-0.39, 0.29) is 64.4 Å².